The molecule has 1 aromatic heterocycles. The van der Waals surface area contributed by atoms with Gasteiger partial charge in [-0.25, -0.2) is 4.63 Å². The molecule has 0 unspecified atom stereocenters. The van der Waals surface area contributed by atoms with E-state index in [1.807, 2.05) is 6.07 Å². The van der Waals surface area contributed by atoms with Gasteiger partial charge in [0.15, 0.2) is 0 Å². The molecular weight excluding hydrogens is 304 g/mol. The molecule has 0 aliphatic carbocycles. The number of aromatic nitrogens is 2. The van der Waals surface area contributed by atoms with Gasteiger partial charge in [0.1, 0.15) is 11.0 Å². The van der Waals surface area contributed by atoms with Crippen molar-refractivity contribution >= 4 is 11.0 Å². The Balaban J connectivity index is 1.41. The fourth-order valence-corrected chi connectivity index (χ4v) is 3.96. The normalized spacial score (nSPS) is 23.8. The van der Waals surface area contributed by atoms with E-state index in [9.17, 15) is 0 Å². The van der Waals surface area contributed by atoms with Gasteiger partial charge in [-0.15, -0.1) is 0 Å². The molecule has 0 N–H and O–H groups in total. The van der Waals surface area contributed by atoms with Crippen LogP contribution in [0.2, 0.25) is 0 Å². The number of rotatable bonds is 5. The number of morpholine rings is 1. The molecule has 0 saturated carbocycles. The minimum atomic E-state index is 0.664. The minimum Gasteiger partial charge on any atom is -0.379 e. The van der Waals surface area contributed by atoms with Gasteiger partial charge in [-0.05, 0) is 54.3 Å². The Hall–Kier alpha value is -1.50. The molecule has 2 fully saturated rings. The predicted molar refractivity (Wildman–Crippen MR) is 91.7 cm³/mol. The molecule has 2 aromatic rings. The van der Waals surface area contributed by atoms with E-state index >= 15 is 0 Å². The fraction of sp³-hybridized carbons (Fsp3) is 0.667. The first kappa shape index (κ1) is 16.0. The zero-order valence-electron chi connectivity index (χ0n) is 14.2. The van der Waals surface area contributed by atoms with Crippen LogP contribution in [0.4, 0.5) is 0 Å². The highest BCUT2D eigenvalue weighted by molar-refractivity contribution is 5.76. The van der Waals surface area contributed by atoms with Crippen molar-refractivity contribution in [1.82, 2.24) is 20.1 Å². The van der Waals surface area contributed by atoms with Gasteiger partial charge in [0.05, 0.1) is 13.2 Å². The van der Waals surface area contributed by atoms with E-state index in [1.165, 1.54) is 44.3 Å². The summed E-state index contributed by atoms with van der Waals surface area (Å²) in [7, 11) is 0. The summed E-state index contributed by atoms with van der Waals surface area (Å²) in [6.45, 7) is 7.23. The number of ether oxygens (including phenoxy) is 1. The second-order valence-corrected chi connectivity index (χ2v) is 6.91. The topological polar surface area (TPSA) is 54.6 Å². The van der Waals surface area contributed by atoms with Gasteiger partial charge in [0, 0.05) is 25.7 Å². The van der Waals surface area contributed by atoms with Crippen LogP contribution in [0, 0.1) is 0 Å². The number of piperidine rings is 1. The Morgan fingerprint density at radius 2 is 2.00 bits per heavy atom. The number of fused-ring (bicyclic) bond motifs is 1. The molecule has 130 valence electrons. The minimum absolute atomic E-state index is 0.664. The quantitative estimate of drug-likeness (QED) is 0.838. The average Bonchev–Trinajstić information content (AvgIpc) is 3.12. The summed E-state index contributed by atoms with van der Waals surface area (Å²) >= 11 is 0. The lowest BCUT2D eigenvalue weighted by atomic mass is 9.98. The molecule has 0 bridgehead atoms. The number of benzene rings is 1. The van der Waals surface area contributed by atoms with Gasteiger partial charge in [-0.2, -0.15) is 0 Å². The Bertz CT molecular complexity index is 653. The summed E-state index contributed by atoms with van der Waals surface area (Å²) in [5.74, 6) is 0. The van der Waals surface area contributed by atoms with Gasteiger partial charge in [0.2, 0.25) is 0 Å². The van der Waals surface area contributed by atoms with E-state index in [2.05, 4.69) is 32.2 Å². The first-order valence-electron chi connectivity index (χ1n) is 9.14. The first-order valence-corrected chi connectivity index (χ1v) is 9.14. The van der Waals surface area contributed by atoms with E-state index in [0.29, 0.717) is 6.04 Å². The third kappa shape index (κ3) is 3.61. The molecule has 2 saturated heterocycles. The van der Waals surface area contributed by atoms with Crippen LogP contribution in [-0.2, 0) is 11.3 Å². The molecule has 0 amide bonds. The summed E-state index contributed by atoms with van der Waals surface area (Å²) in [6.07, 6.45) is 5.19. The highest BCUT2D eigenvalue weighted by atomic mass is 16.6. The van der Waals surface area contributed by atoms with Crippen LogP contribution in [0.15, 0.2) is 22.8 Å². The maximum Gasteiger partial charge on any atom is 0.139 e. The fourth-order valence-electron chi connectivity index (χ4n) is 3.96. The molecule has 2 aliphatic heterocycles. The molecule has 2 aliphatic rings. The molecule has 6 nitrogen and oxygen atoms in total. The number of hydrogen-bond acceptors (Lipinski definition) is 6. The molecule has 0 spiro atoms. The highest BCUT2D eigenvalue weighted by Crippen LogP contribution is 2.24. The molecule has 4 rings (SSSR count). The van der Waals surface area contributed by atoms with Crippen LogP contribution >= 0.6 is 0 Å². The lowest BCUT2D eigenvalue weighted by molar-refractivity contribution is 0.0302. The van der Waals surface area contributed by atoms with Crippen LogP contribution in [-0.4, -0.2) is 65.5 Å². The molecule has 24 heavy (non-hydrogen) atoms. The number of hydrogen-bond donors (Lipinski definition) is 0. The van der Waals surface area contributed by atoms with Crippen molar-refractivity contribution in [2.24, 2.45) is 0 Å². The van der Waals surface area contributed by atoms with Gasteiger partial charge in [0.25, 0.3) is 0 Å². The molecular formula is C18H26N4O2. The van der Waals surface area contributed by atoms with Gasteiger partial charge >= 0.3 is 0 Å². The van der Waals surface area contributed by atoms with Crippen LogP contribution < -0.4 is 0 Å². The van der Waals surface area contributed by atoms with Crippen LogP contribution in [0.25, 0.3) is 11.0 Å². The molecule has 0 radical (unpaired) electrons. The van der Waals surface area contributed by atoms with Crippen molar-refractivity contribution in [2.45, 2.75) is 38.3 Å². The average molecular weight is 330 g/mol. The maximum atomic E-state index is 5.45. The number of likely N-dealkylation sites (tertiary alicyclic amines) is 1. The van der Waals surface area contributed by atoms with E-state index in [1.54, 1.807) is 0 Å². The smallest absolute Gasteiger partial charge is 0.139 e. The second-order valence-electron chi connectivity index (χ2n) is 6.91. The van der Waals surface area contributed by atoms with Gasteiger partial charge < -0.3 is 4.74 Å². The zero-order chi connectivity index (χ0) is 16.2. The Kier molecular flexibility index (Phi) is 5.06. The van der Waals surface area contributed by atoms with Crippen molar-refractivity contribution < 1.29 is 9.37 Å². The first-order chi connectivity index (χ1) is 11.9. The predicted octanol–water partition coefficient (Wildman–Crippen LogP) is 2.30. The van der Waals surface area contributed by atoms with Crippen molar-refractivity contribution in [3.8, 4) is 0 Å². The molecule has 3 heterocycles. The molecule has 6 heteroatoms. The SMILES string of the molecule is c1cc(CN2CCCC[C@@H]2CCN2CCOCC2)c2nonc2c1. The summed E-state index contributed by atoms with van der Waals surface area (Å²) in [6, 6.07) is 6.83. The van der Waals surface area contributed by atoms with E-state index in [0.717, 1.165) is 43.9 Å². The van der Waals surface area contributed by atoms with Gasteiger partial charge in [-0.3, -0.25) is 9.80 Å². The lowest BCUT2D eigenvalue weighted by Gasteiger charge is -2.37. The summed E-state index contributed by atoms with van der Waals surface area (Å²) < 4.78 is 10.4. The van der Waals surface area contributed by atoms with Crippen LogP contribution in [0.1, 0.15) is 31.2 Å². The van der Waals surface area contributed by atoms with Crippen LogP contribution in [0.3, 0.4) is 0 Å². The highest BCUT2D eigenvalue weighted by Gasteiger charge is 2.24. The van der Waals surface area contributed by atoms with Crippen molar-refractivity contribution in [3.05, 3.63) is 23.8 Å². The molecule has 1 atom stereocenters. The standard InChI is InChI=1S/C18H26N4O2/c1-2-8-22(14-15-4-3-6-17-18(15)20-24-19-17)16(5-1)7-9-21-10-12-23-13-11-21/h3-4,6,16H,1-2,5,7-14H2/t16-/m1/s1. The summed E-state index contributed by atoms with van der Waals surface area (Å²) in [4.78, 5) is 5.17. The maximum absolute atomic E-state index is 5.45. The largest absolute Gasteiger partial charge is 0.379 e. The van der Waals surface area contributed by atoms with Crippen molar-refractivity contribution in [3.63, 3.8) is 0 Å². The van der Waals surface area contributed by atoms with Crippen LogP contribution in [0.5, 0.6) is 0 Å². The van der Waals surface area contributed by atoms with Crippen molar-refractivity contribution in [1.29, 1.82) is 0 Å². The third-order valence-corrected chi connectivity index (χ3v) is 5.37. The lowest BCUT2D eigenvalue weighted by Crippen LogP contribution is -2.43. The summed E-state index contributed by atoms with van der Waals surface area (Å²) in [5.41, 5.74) is 3.00. The van der Waals surface area contributed by atoms with E-state index < -0.39 is 0 Å². The third-order valence-electron chi connectivity index (χ3n) is 5.37. The number of nitrogens with zero attached hydrogens (tertiary/aromatic N) is 4. The Morgan fingerprint density at radius 3 is 2.92 bits per heavy atom. The Morgan fingerprint density at radius 1 is 1.08 bits per heavy atom. The Labute approximate surface area is 142 Å². The van der Waals surface area contributed by atoms with Crippen molar-refractivity contribution in [2.75, 3.05) is 39.4 Å². The van der Waals surface area contributed by atoms with E-state index in [-0.39, 0.29) is 0 Å². The second kappa shape index (κ2) is 7.59. The zero-order valence-corrected chi connectivity index (χ0v) is 14.2. The molecule has 1 aromatic carbocycles. The van der Waals surface area contributed by atoms with E-state index in [4.69, 9.17) is 9.37 Å². The van der Waals surface area contributed by atoms with Gasteiger partial charge in [-0.1, -0.05) is 18.6 Å². The summed E-state index contributed by atoms with van der Waals surface area (Å²) in [5, 5.41) is 8.06. The monoisotopic (exact) mass is 330 g/mol.